The monoisotopic (exact) mass is 415 g/mol. The molecule has 30 heavy (non-hydrogen) atoms. The maximum atomic E-state index is 11.5. The standard InChI is InChI=1S/C23H21N5OS/c24-22(29)18-5-4-17-8-11-27(15-19(17)13-18)23-25-14-21(30-23)12-16-2-6-20(7-3-16)28-10-1-9-26-28/h1-7,9-10,13-14H,8,11-12,15H2,(H2,24,29). The van der Waals surface area contributed by atoms with E-state index in [1.807, 2.05) is 41.3 Å². The van der Waals surface area contributed by atoms with Crippen LogP contribution in [0.4, 0.5) is 5.13 Å². The van der Waals surface area contributed by atoms with Gasteiger partial charge >= 0.3 is 0 Å². The summed E-state index contributed by atoms with van der Waals surface area (Å²) >= 11 is 1.73. The minimum atomic E-state index is -0.384. The number of rotatable bonds is 5. The summed E-state index contributed by atoms with van der Waals surface area (Å²) in [6.45, 7) is 1.68. The van der Waals surface area contributed by atoms with Crippen molar-refractivity contribution in [2.45, 2.75) is 19.4 Å². The number of thiazole rings is 1. The lowest BCUT2D eigenvalue weighted by Gasteiger charge is -2.28. The lowest BCUT2D eigenvalue weighted by atomic mass is 9.97. The highest BCUT2D eigenvalue weighted by molar-refractivity contribution is 7.15. The van der Waals surface area contributed by atoms with Crippen molar-refractivity contribution in [2.75, 3.05) is 11.4 Å². The molecule has 0 saturated heterocycles. The highest BCUT2D eigenvalue weighted by Gasteiger charge is 2.20. The zero-order valence-electron chi connectivity index (χ0n) is 16.4. The van der Waals surface area contributed by atoms with Crippen LogP contribution in [-0.4, -0.2) is 27.2 Å². The first-order valence-corrected chi connectivity index (χ1v) is 10.7. The number of aromatic nitrogens is 3. The molecule has 0 aliphatic carbocycles. The molecule has 2 aromatic heterocycles. The number of primary amides is 1. The molecule has 7 heteroatoms. The molecular formula is C23H21N5OS. The van der Waals surface area contributed by atoms with E-state index < -0.39 is 0 Å². The van der Waals surface area contributed by atoms with Gasteiger partial charge < -0.3 is 10.6 Å². The molecule has 0 fully saturated rings. The lowest BCUT2D eigenvalue weighted by Crippen LogP contribution is -2.30. The number of anilines is 1. The van der Waals surface area contributed by atoms with Crippen molar-refractivity contribution in [1.82, 2.24) is 14.8 Å². The van der Waals surface area contributed by atoms with Gasteiger partial charge in [0.15, 0.2) is 5.13 Å². The van der Waals surface area contributed by atoms with Crippen LogP contribution in [0.15, 0.2) is 67.1 Å². The summed E-state index contributed by atoms with van der Waals surface area (Å²) in [5, 5.41) is 5.29. The molecular weight excluding hydrogens is 394 g/mol. The first-order chi connectivity index (χ1) is 14.7. The quantitative estimate of drug-likeness (QED) is 0.540. The summed E-state index contributed by atoms with van der Waals surface area (Å²) < 4.78 is 1.85. The fourth-order valence-corrected chi connectivity index (χ4v) is 4.76. The molecule has 0 bridgehead atoms. The Morgan fingerprint density at radius 3 is 2.77 bits per heavy atom. The van der Waals surface area contributed by atoms with Gasteiger partial charge in [0.2, 0.25) is 5.91 Å². The predicted molar refractivity (Wildman–Crippen MR) is 118 cm³/mol. The molecule has 1 aliphatic rings. The summed E-state index contributed by atoms with van der Waals surface area (Å²) in [5.41, 5.74) is 10.7. The SMILES string of the molecule is NC(=O)c1ccc2c(c1)CN(c1ncc(Cc3ccc(-n4cccn4)cc3)s1)CC2. The van der Waals surface area contributed by atoms with Crippen LogP contribution in [0.3, 0.4) is 0 Å². The number of carbonyl (C=O) groups excluding carboxylic acids is 1. The molecule has 2 aromatic carbocycles. The maximum absolute atomic E-state index is 11.5. The summed E-state index contributed by atoms with van der Waals surface area (Å²) in [6.07, 6.45) is 7.48. The maximum Gasteiger partial charge on any atom is 0.248 e. The fourth-order valence-electron chi connectivity index (χ4n) is 3.79. The van der Waals surface area contributed by atoms with Crippen molar-refractivity contribution >= 4 is 22.4 Å². The number of nitrogens with zero attached hydrogens (tertiary/aromatic N) is 4. The second-order valence-corrected chi connectivity index (χ2v) is 8.52. The zero-order chi connectivity index (χ0) is 20.5. The molecule has 6 nitrogen and oxygen atoms in total. The Morgan fingerprint density at radius 1 is 1.13 bits per heavy atom. The van der Waals surface area contributed by atoms with Gasteiger partial charge in [0.05, 0.1) is 5.69 Å². The van der Waals surface area contributed by atoms with Gasteiger partial charge in [0.25, 0.3) is 0 Å². The Balaban J connectivity index is 1.29. The van der Waals surface area contributed by atoms with Crippen LogP contribution in [0.1, 0.15) is 31.9 Å². The minimum absolute atomic E-state index is 0.384. The van der Waals surface area contributed by atoms with E-state index in [1.165, 1.54) is 16.0 Å². The van der Waals surface area contributed by atoms with Gasteiger partial charge in [-0.15, -0.1) is 11.3 Å². The third-order valence-electron chi connectivity index (χ3n) is 5.40. The van der Waals surface area contributed by atoms with Crippen molar-refractivity contribution in [3.8, 4) is 5.69 Å². The van der Waals surface area contributed by atoms with Crippen LogP contribution in [0.2, 0.25) is 0 Å². The Bertz CT molecular complexity index is 1180. The van der Waals surface area contributed by atoms with Gasteiger partial charge in [0.1, 0.15) is 0 Å². The van der Waals surface area contributed by atoms with Crippen LogP contribution in [-0.2, 0) is 19.4 Å². The molecule has 0 spiro atoms. The molecule has 3 heterocycles. The molecule has 0 saturated carbocycles. The van der Waals surface area contributed by atoms with Crippen LogP contribution >= 0.6 is 11.3 Å². The molecule has 0 radical (unpaired) electrons. The number of carbonyl (C=O) groups is 1. The van der Waals surface area contributed by atoms with Gasteiger partial charge in [-0.1, -0.05) is 18.2 Å². The predicted octanol–water partition coefficient (Wildman–Crippen LogP) is 3.58. The second-order valence-electron chi connectivity index (χ2n) is 7.42. The molecule has 0 atom stereocenters. The highest BCUT2D eigenvalue weighted by Crippen LogP contribution is 2.30. The number of hydrogen-bond acceptors (Lipinski definition) is 5. The average molecular weight is 416 g/mol. The van der Waals surface area contributed by atoms with Gasteiger partial charge in [-0.05, 0) is 53.4 Å². The zero-order valence-corrected chi connectivity index (χ0v) is 17.2. The molecule has 2 N–H and O–H groups in total. The Kier molecular flexibility index (Phi) is 4.80. The molecule has 1 aliphatic heterocycles. The summed E-state index contributed by atoms with van der Waals surface area (Å²) in [4.78, 5) is 19.7. The number of benzene rings is 2. The van der Waals surface area contributed by atoms with Crippen molar-refractivity contribution in [1.29, 1.82) is 0 Å². The number of hydrogen-bond donors (Lipinski definition) is 1. The van der Waals surface area contributed by atoms with Crippen molar-refractivity contribution < 1.29 is 4.79 Å². The third-order valence-corrected chi connectivity index (χ3v) is 6.46. The van der Waals surface area contributed by atoms with Crippen LogP contribution in [0.5, 0.6) is 0 Å². The smallest absolute Gasteiger partial charge is 0.248 e. The van der Waals surface area contributed by atoms with Gasteiger partial charge in [-0.2, -0.15) is 5.10 Å². The Labute approximate surface area is 178 Å². The number of amides is 1. The third kappa shape index (κ3) is 3.71. The van der Waals surface area contributed by atoms with Gasteiger partial charge in [0, 0.05) is 48.5 Å². The van der Waals surface area contributed by atoms with Crippen molar-refractivity contribution in [2.24, 2.45) is 5.73 Å². The first-order valence-electron chi connectivity index (χ1n) is 9.86. The number of nitrogens with two attached hydrogens (primary N) is 1. The molecule has 0 unspecified atom stereocenters. The van der Waals surface area contributed by atoms with Crippen LogP contribution in [0.25, 0.3) is 5.69 Å². The van der Waals surface area contributed by atoms with E-state index in [9.17, 15) is 4.79 Å². The van der Waals surface area contributed by atoms with E-state index in [0.717, 1.165) is 42.3 Å². The Hall–Kier alpha value is -3.45. The second kappa shape index (κ2) is 7.76. The average Bonchev–Trinajstić information content (AvgIpc) is 3.46. The number of fused-ring (bicyclic) bond motifs is 1. The van der Waals surface area contributed by atoms with E-state index in [-0.39, 0.29) is 5.91 Å². The van der Waals surface area contributed by atoms with Crippen molar-refractivity contribution in [3.63, 3.8) is 0 Å². The molecule has 1 amide bonds. The normalized spacial score (nSPS) is 13.3. The summed E-state index contributed by atoms with van der Waals surface area (Å²) in [7, 11) is 0. The highest BCUT2D eigenvalue weighted by atomic mass is 32.1. The largest absolute Gasteiger partial charge is 0.366 e. The van der Waals surface area contributed by atoms with E-state index in [0.29, 0.717) is 5.56 Å². The lowest BCUT2D eigenvalue weighted by molar-refractivity contribution is 0.1000. The van der Waals surface area contributed by atoms with Crippen molar-refractivity contribution in [3.05, 3.63) is 94.3 Å². The van der Waals surface area contributed by atoms with Crippen LogP contribution in [0, 0.1) is 0 Å². The summed E-state index contributed by atoms with van der Waals surface area (Å²) in [6, 6.07) is 16.1. The molecule has 4 aromatic rings. The molecule has 5 rings (SSSR count). The van der Waals surface area contributed by atoms with Crippen LogP contribution < -0.4 is 10.6 Å². The molecule has 150 valence electrons. The minimum Gasteiger partial charge on any atom is -0.366 e. The summed E-state index contributed by atoms with van der Waals surface area (Å²) in [5.74, 6) is -0.384. The fraction of sp³-hybridized carbons (Fsp3) is 0.174. The van der Waals surface area contributed by atoms with Gasteiger partial charge in [-0.25, -0.2) is 9.67 Å². The first kappa shape index (κ1) is 18.6. The van der Waals surface area contributed by atoms with E-state index in [1.54, 1.807) is 17.5 Å². The van der Waals surface area contributed by atoms with Gasteiger partial charge in [-0.3, -0.25) is 4.79 Å². The Morgan fingerprint density at radius 2 is 2.00 bits per heavy atom. The van der Waals surface area contributed by atoms with E-state index in [2.05, 4.69) is 39.2 Å². The topological polar surface area (TPSA) is 77.0 Å². The van der Waals surface area contributed by atoms with E-state index in [4.69, 9.17) is 5.73 Å². The van der Waals surface area contributed by atoms with E-state index >= 15 is 0 Å².